The molecule has 1 N–H and O–H groups in total. The standard InChI is InChI=1S/C17H22ClN3O/c1-2-22-12-10-15-13-7-5-6-11-19-17(13)21(20-15)16-9-4-3-8-14(16)18/h3-4,8-9,19H,2,5-7,10-12H2,1H3. The molecule has 3 rings (SSSR count). The van der Waals surface area contributed by atoms with Crippen molar-refractivity contribution in [3.8, 4) is 5.69 Å². The molecule has 1 aromatic carbocycles. The van der Waals surface area contributed by atoms with E-state index in [1.54, 1.807) is 0 Å². The molecule has 1 aliphatic heterocycles. The van der Waals surface area contributed by atoms with Gasteiger partial charge in [0.1, 0.15) is 5.82 Å². The smallest absolute Gasteiger partial charge is 0.133 e. The van der Waals surface area contributed by atoms with Crippen LogP contribution >= 0.6 is 11.6 Å². The number of rotatable bonds is 5. The molecule has 0 spiro atoms. The number of para-hydroxylation sites is 1. The first-order chi connectivity index (χ1) is 10.8. The highest BCUT2D eigenvalue weighted by Gasteiger charge is 2.21. The predicted molar refractivity (Wildman–Crippen MR) is 90.2 cm³/mol. The SMILES string of the molecule is CCOCCc1nn(-c2ccccc2Cl)c2c1CCCCN2. The summed E-state index contributed by atoms with van der Waals surface area (Å²) in [7, 11) is 0. The largest absolute Gasteiger partial charge is 0.381 e. The number of nitrogens with one attached hydrogen (secondary N) is 1. The van der Waals surface area contributed by atoms with Crippen molar-refractivity contribution < 1.29 is 4.74 Å². The molecule has 118 valence electrons. The van der Waals surface area contributed by atoms with Gasteiger partial charge < -0.3 is 10.1 Å². The Bertz CT molecular complexity index is 639. The van der Waals surface area contributed by atoms with Crippen molar-refractivity contribution in [2.45, 2.75) is 32.6 Å². The molecule has 0 atom stereocenters. The summed E-state index contributed by atoms with van der Waals surface area (Å²) in [5.41, 5.74) is 3.37. The second-order valence-corrected chi connectivity index (χ2v) is 5.88. The van der Waals surface area contributed by atoms with E-state index in [4.69, 9.17) is 21.4 Å². The third-order valence-electron chi connectivity index (χ3n) is 3.98. The molecule has 1 aromatic heterocycles. The highest BCUT2D eigenvalue weighted by molar-refractivity contribution is 6.32. The number of benzene rings is 1. The van der Waals surface area contributed by atoms with Crippen LogP contribution < -0.4 is 5.32 Å². The van der Waals surface area contributed by atoms with Crippen LogP contribution in [0.1, 0.15) is 31.0 Å². The Morgan fingerprint density at radius 1 is 1.32 bits per heavy atom. The van der Waals surface area contributed by atoms with E-state index in [1.165, 1.54) is 18.4 Å². The molecule has 0 saturated heterocycles. The van der Waals surface area contributed by atoms with E-state index in [2.05, 4.69) is 5.32 Å². The molecule has 4 nitrogen and oxygen atoms in total. The van der Waals surface area contributed by atoms with E-state index >= 15 is 0 Å². The lowest BCUT2D eigenvalue weighted by Crippen LogP contribution is -2.07. The molecule has 0 aliphatic carbocycles. The van der Waals surface area contributed by atoms with Crippen molar-refractivity contribution >= 4 is 17.4 Å². The fourth-order valence-electron chi connectivity index (χ4n) is 2.89. The number of anilines is 1. The molecular formula is C17H22ClN3O. The van der Waals surface area contributed by atoms with Crippen LogP contribution in [0.4, 0.5) is 5.82 Å². The summed E-state index contributed by atoms with van der Waals surface area (Å²) in [6.45, 7) is 4.45. The highest BCUT2D eigenvalue weighted by Crippen LogP contribution is 2.30. The second kappa shape index (κ2) is 7.16. The minimum absolute atomic E-state index is 0.711. The zero-order valence-electron chi connectivity index (χ0n) is 12.9. The third-order valence-corrected chi connectivity index (χ3v) is 4.30. The maximum absolute atomic E-state index is 6.36. The summed E-state index contributed by atoms with van der Waals surface area (Å²) in [5, 5.41) is 9.08. The average molecular weight is 320 g/mol. The predicted octanol–water partition coefficient (Wildman–Crippen LogP) is 3.85. The van der Waals surface area contributed by atoms with Crippen LogP contribution in [0.25, 0.3) is 5.69 Å². The number of hydrogen-bond donors (Lipinski definition) is 1. The molecule has 22 heavy (non-hydrogen) atoms. The van der Waals surface area contributed by atoms with Gasteiger partial charge >= 0.3 is 0 Å². The molecule has 0 bridgehead atoms. The highest BCUT2D eigenvalue weighted by atomic mass is 35.5. The Labute approximate surface area is 136 Å². The van der Waals surface area contributed by atoms with E-state index in [9.17, 15) is 0 Å². The van der Waals surface area contributed by atoms with Crippen molar-refractivity contribution in [3.05, 3.63) is 40.5 Å². The Kier molecular flexibility index (Phi) is 5.01. The van der Waals surface area contributed by atoms with Crippen LogP contribution in [0.5, 0.6) is 0 Å². The lowest BCUT2D eigenvalue weighted by molar-refractivity contribution is 0.150. The van der Waals surface area contributed by atoms with E-state index in [0.717, 1.165) is 48.2 Å². The molecule has 0 fully saturated rings. The van der Waals surface area contributed by atoms with Crippen molar-refractivity contribution in [3.63, 3.8) is 0 Å². The van der Waals surface area contributed by atoms with Gasteiger partial charge in [-0.05, 0) is 38.3 Å². The average Bonchev–Trinajstić information content (AvgIpc) is 2.71. The Morgan fingerprint density at radius 2 is 2.18 bits per heavy atom. The summed E-state index contributed by atoms with van der Waals surface area (Å²) in [6.07, 6.45) is 4.28. The molecule has 2 heterocycles. The van der Waals surface area contributed by atoms with Crippen LogP contribution in [0.15, 0.2) is 24.3 Å². The van der Waals surface area contributed by atoms with Gasteiger partial charge in [-0.1, -0.05) is 23.7 Å². The summed E-state index contributed by atoms with van der Waals surface area (Å²) < 4.78 is 7.47. The minimum Gasteiger partial charge on any atom is -0.381 e. The summed E-state index contributed by atoms with van der Waals surface area (Å²) >= 11 is 6.36. The zero-order chi connectivity index (χ0) is 15.4. The summed E-state index contributed by atoms with van der Waals surface area (Å²) in [6, 6.07) is 7.85. The van der Waals surface area contributed by atoms with Gasteiger partial charge in [0.05, 0.1) is 23.0 Å². The quantitative estimate of drug-likeness (QED) is 0.851. The fraction of sp³-hybridized carbons (Fsp3) is 0.471. The van der Waals surface area contributed by atoms with Crippen LogP contribution in [0, 0.1) is 0 Å². The Morgan fingerprint density at radius 3 is 3.00 bits per heavy atom. The zero-order valence-corrected chi connectivity index (χ0v) is 13.7. The fourth-order valence-corrected chi connectivity index (χ4v) is 3.10. The lowest BCUT2D eigenvalue weighted by Gasteiger charge is -2.10. The van der Waals surface area contributed by atoms with Crippen molar-refractivity contribution in [2.24, 2.45) is 0 Å². The first-order valence-electron chi connectivity index (χ1n) is 7.98. The number of ether oxygens (including phenoxy) is 1. The normalized spacial score (nSPS) is 14.3. The molecular weight excluding hydrogens is 298 g/mol. The molecule has 0 saturated carbocycles. The van der Waals surface area contributed by atoms with E-state index in [-0.39, 0.29) is 0 Å². The Balaban J connectivity index is 2.01. The van der Waals surface area contributed by atoms with E-state index in [0.29, 0.717) is 6.61 Å². The lowest BCUT2D eigenvalue weighted by atomic mass is 10.1. The number of halogens is 1. The summed E-state index contributed by atoms with van der Waals surface area (Å²) in [5.74, 6) is 1.09. The van der Waals surface area contributed by atoms with Crippen LogP contribution in [0.2, 0.25) is 5.02 Å². The van der Waals surface area contributed by atoms with Crippen molar-refractivity contribution in [2.75, 3.05) is 25.1 Å². The molecule has 5 heteroatoms. The number of aromatic nitrogens is 2. The first kappa shape index (κ1) is 15.4. The maximum atomic E-state index is 6.36. The van der Waals surface area contributed by atoms with Gasteiger partial charge in [0, 0.05) is 25.1 Å². The van der Waals surface area contributed by atoms with Crippen molar-refractivity contribution in [1.29, 1.82) is 0 Å². The van der Waals surface area contributed by atoms with Gasteiger partial charge in [0.15, 0.2) is 0 Å². The minimum atomic E-state index is 0.711. The van der Waals surface area contributed by atoms with Crippen molar-refractivity contribution in [1.82, 2.24) is 9.78 Å². The van der Waals surface area contributed by atoms with Gasteiger partial charge in [-0.2, -0.15) is 5.10 Å². The van der Waals surface area contributed by atoms with E-state index in [1.807, 2.05) is 35.9 Å². The molecule has 2 aromatic rings. The van der Waals surface area contributed by atoms with E-state index < -0.39 is 0 Å². The van der Waals surface area contributed by atoms with Crippen LogP contribution in [0.3, 0.4) is 0 Å². The molecule has 1 aliphatic rings. The second-order valence-electron chi connectivity index (χ2n) is 5.47. The summed E-state index contributed by atoms with van der Waals surface area (Å²) in [4.78, 5) is 0. The van der Waals surface area contributed by atoms with Gasteiger partial charge in [-0.15, -0.1) is 0 Å². The van der Waals surface area contributed by atoms with Crippen LogP contribution in [-0.2, 0) is 17.6 Å². The number of fused-ring (bicyclic) bond motifs is 1. The molecule has 0 amide bonds. The monoisotopic (exact) mass is 319 g/mol. The number of nitrogens with zero attached hydrogens (tertiary/aromatic N) is 2. The van der Waals surface area contributed by atoms with Gasteiger partial charge in [0.2, 0.25) is 0 Å². The molecule has 0 unspecified atom stereocenters. The number of hydrogen-bond acceptors (Lipinski definition) is 3. The topological polar surface area (TPSA) is 39.1 Å². The van der Waals surface area contributed by atoms with Gasteiger partial charge in [0.25, 0.3) is 0 Å². The van der Waals surface area contributed by atoms with Crippen LogP contribution in [-0.4, -0.2) is 29.5 Å². The Hall–Kier alpha value is -1.52. The maximum Gasteiger partial charge on any atom is 0.133 e. The molecule has 0 radical (unpaired) electrons. The van der Waals surface area contributed by atoms with Gasteiger partial charge in [-0.3, -0.25) is 0 Å². The van der Waals surface area contributed by atoms with Gasteiger partial charge in [-0.25, -0.2) is 4.68 Å². The first-order valence-corrected chi connectivity index (χ1v) is 8.36. The third kappa shape index (κ3) is 3.13.